The normalized spacial score (nSPS) is 11.5. The molecule has 0 bridgehead atoms. The first-order valence-corrected chi connectivity index (χ1v) is 6.62. The second-order valence-electron chi connectivity index (χ2n) is 4.52. The van der Waals surface area contributed by atoms with Gasteiger partial charge in [0.2, 0.25) is 0 Å². The van der Waals surface area contributed by atoms with E-state index in [4.69, 9.17) is 11.6 Å². The Hall–Kier alpha value is -1.75. The number of nitrogens with zero attached hydrogens (tertiary/aromatic N) is 1. The van der Waals surface area contributed by atoms with E-state index in [2.05, 4.69) is 0 Å². The monoisotopic (exact) mass is 317 g/mol. The van der Waals surface area contributed by atoms with Crippen LogP contribution in [0.25, 0.3) is 0 Å². The first-order valence-electron chi connectivity index (χ1n) is 6.08. The van der Waals surface area contributed by atoms with E-state index in [0.717, 1.165) is 6.07 Å². The number of alkyl halides is 4. The molecule has 0 unspecified atom stereocenters. The molecule has 2 aromatic carbocycles. The molecule has 6 heteroatoms. The molecule has 0 aliphatic carbocycles. The molecule has 0 N–H and O–H groups in total. The van der Waals surface area contributed by atoms with Gasteiger partial charge in [-0.2, -0.15) is 13.2 Å². The van der Waals surface area contributed by atoms with Gasteiger partial charge in [0, 0.05) is 18.6 Å². The predicted octanol–water partition coefficient (Wildman–Crippen LogP) is 5.35. The standard InChI is InChI=1S/C15H12ClF4N/c1-21(12-4-2-3-11(17)8-12)14-6-5-10(9-16)7-13(14)15(18,19)20/h2-8H,9H2,1H3. The van der Waals surface area contributed by atoms with Crippen molar-refractivity contribution < 1.29 is 17.6 Å². The number of benzene rings is 2. The average Bonchev–Trinajstić information content (AvgIpc) is 2.45. The van der Waals surface area contributed by atoms with E-state index in [1.807, 2.05) is 0 Å². The Balaban J connectivity index is 2.52. The van der Waals surface area contributed by atoms with Gasteiger partial charge in [-0.05, 0) is 35.9 Å². The second kappa shape index (κ2) is 5.93. The molecular formula is C15H12ClF4N. The van der Waals surface area contributed by atoms with Crippen LogP contribution in [0, 0.1) is 5.82 Å². The van der Waals surface area contributed by atoms with E-state index in [1.165, 1.54) is 42.3 Å². The Labute approximate surface area is 124 Å². The van der Waals surface area contributed by atoms with Gasteiger partial charge in [-0.3, -0.25) is 0 Å². The Morgan fingerprint density at radius 2 is 1.81 bits per heavy atom. The van der Waals surface area contributed by atoms with Crippen LogP contribution in [0.3, 0.4) is 0 Å². The minimum absolute atomic E-state index is 0.00691. The van der Waals surface area contributed by atoms with Crippen molar-refractivity contribution in [3.63, 3.8) is 0 Å². The minimum Gasteiger partial charge on any atom is -0.344 e. The molecule has 0 spiro atoms. The first-order chi connectivity index (χ1) is 9.82. The number of anilines is 2. The van der Waals surface area contributed by atoms with Crippen molar-refractivity contribution in [2.24, 2.45) is 0 Å². The Morgan fingerprint density at radius 3 is 2.38 bits per heavy atom. The summed E-state index contributed by atoms with van der Waals surface area (Å²) in [5, 5.41) is 0. The highest BCUT2D eigenvalue weighted by atomic mass is 35.5. The van der Waals surface area contributed by atoms with Gasteiger partial charge in [-0.15, -0.1) is 11.6 Å². The Kier molecular flexibility index (Phi) is 4.42. The van der Waals surface area contributed by atoms with Gasteiger partial charge in [-0.1, -0.05) is 12.1 Å². The average molecular weight is 318 g/mol. The van der Waals surface area contributed by atoms with E-state index in [0.29, 0.717) is 11.3 Å². The van der Waals surface area contributed by atoms with Crippen molar-refractivity contribution in [3.8, 4) is 0 Å². The summed E-state index contributed by atoms with van der Waals surface area (Å²) in [6, 6.07) is 9.27. The van der Waals surface area contributed by atoms with E-state index in [9.17, 15) is 17.6 Å². The Morgan fingerprint density at radius 1 is 1.10 bits per heavy atom. The topological polar surface area (TPSA) is 3.24 Å². The first kappa shape index (κ1) is 15.6. The highest BCUT2D eigenvalue weighted by Crippen LogP contribution is 2.39. The fourth-order valence-electron chi connectivity index (χ4n) is 2.01. The van der Waals surface area contributed by atoms with Gasteiger partial charge in [0.1, 0.15) is 5.82 Å². The lowest BCUT2D eigenvalue weighted by Gasteiger charge is -2.24. The molecule has 1 nitrogen and oxygen atoms in total. The molecule has 0 saturated heterocycles. The van der Waals surface area contributed by atoms with Crippen LogP contribution in [0.1, 0.15) is 11.1 Å². The van der Waals surface area contributed by atoms with Crippen LogP contribution in [-0.4, -0.2) is 7.05 Å². The molecule has 0 aromatic heterocycles. The molecule has 0 aliphatic rings. The molecule has 0 aliphatic heterocycles. The van der Waals surface area contributed by atoms with Crippen LogP contribution in [0.5, 0.6) is 0 Å². The van der Waals surface area contributed by atoms with E-state index in [-0.39, 0.29) is 11.6 Å². The third-order valence-corrected chi connectivity index (χ3v) is 3.39. The van der Waals surface area contributed by atoms with Crippen molar-refractivity contribution >= 4 is 23.0 Å². The third-order valence-electron chi connectivity index (χ3n) is 3.08. The molecule has 0 radical (unpaired) electrons. The van der Waals surface area contributed by atoms with Gasteiger partial charge >= 0.3 is 6.18 Å². The maximum absolute atomic E-state index is 13.2. The van der Waals surface area contributed by atoms with E-state index < -0.39 is 17.6 Å². The highest BCUT2D eigenvalue weighted by Gasteiger charge is 2.34. The summed E-state index contributed by atoms with van der Waals surface area (Å²) in [7, 11) is 1.46. The predicted molar refractivity (Wildman–Crippen MR) is 75.5 cm³/mol. The zero-order valence-electron chi connectivity index (χ0n) is 11.1. The molecule has 2 aromatic rings. The van der Waals surface area contributed by atoms with Crippen LogP contribution >= 0.6 is 11.6 Å². The van der Waals surface area contributed by atoms with Gasteiger partial charge in [0.05, 0.1) is 11.3 Å². The highest BCUT2D eigenvalue weighted by molar-refractivity contribution is 6.17. The maximum atomic E-state index is 13.2. The summed E-state index contributed by atoms with van der Waals surface area (Å²) in [5.41, 5.74) is -0.145. The number of halogens is 5. The van der Waals surface area contributed by atoms with Gasteiger partial charge in [0.25, 0.3) is 0 Å². The molecule has 112 valence electrons. The number of hydrogen-bond donors (Lipinski definition) is 0. The SMILES string of the molecule is CN(c1cccc(F)c1)c1ccc(CCl)cc1C(F)(F)F. The minimum atomic E-state index is -4.51. The summed E-state index contributed by atoms with van der Waals surface area (Å²) in [6.07, 6.45) is -4.51. The summed E-state index contributed by atoms with van der Waals surface area (Å²) in [6.45, 7) is 0. The van der Waals surface area contributed by atoms with Crippen LogP contribution in [0.2, 0.25) is 0 Å². The van der Waals surface area contributed by atoms with Crippen molar-refractivity contribution in [2.75, 3.05) is 11.9 Å². The summed E-state index contributed by atoms with van der Waals surface area (Å²) in [5.74, 6) is -0.516. The van der Waals surface area contributed by atoms with Crippen LogP contribution in [0.15, 0.2) is 42.5 Å². The smallest absolute Gasteiger partial charge is 0.344 e. The van der Waals surface area contributed by atoms with Crippen molar-refractivity contribution in [1.29, 1.82) is 0 Å². The maximum Gasteiger partial charge on any atom is 0.418 e. The van der Waals surface area contributed by atoms with Crippen molar-refractivity contribution in [2.45, 2.75) is 12.1 Å². The van der Waals surface area contributed by atoms with Gasteiger partial charge in [-0.25, -0.2) is 4.39 Å². The van der Waals surface area contributed by atoms with E-state index >= 15 is 0 Å². The molecule has 0 saturated carbocycles. The zero-order valence-corrected chi connectivity index (χ0v) is 11.8. The molecule has 0 atom stereocenters. The summed E-state index contributed by atoms with van der Waals surface area (Å²) in [4.78, 5) is 1.30. The summed E-state index contributed by atoms with van der Waals surface area (Å²) >= 11 is 5.59. The number of rotatable bonds is 3. The van der Waals surface area contributed by atoms with E-state index in [1.54, 1.807) is 6.07 Å². The lowest BCUT2D eigenvalue weighted by molar-refractivity contribution is -0.137. The second-order valence-corrected chi connectivity index (χ2v) is 4.79. The zero-order chi connectivity index (χ0) is 15.6. The third kappa shape index (κ3) is 3.47. The van der Waals surface area contributed by atoms with Crippen LogP contribution < -0.4 is 4.90 Å². The molecule has 21 heavy (non-hydrogen) atoms. The molecule has 0 heterocycles. The molecule has 0 amide bonds. The van der Waals surface area contributed by atoms with Gasteiger partial charge < -0.3 is 4.90 Å². The summed E-state index contributed by atoms with van der Waals surface area (Å²) < 4.78 is 52.8. The Bertz CT molecular complexity index is 640. The van der Waals surface area contributed by atoms with Gasteiger partial charge in [0.15, 0.2) is 0 Å². The quantitative estimate of drug-likeness (QED) is 0.545. The fourth-order valence-corrected chi connectivity index (χ4v) is 2.18. The van der Waals surface area contributed by atoms with Crippen molar-refractivity contribution in [3.05, 3.63) is 59.4 Å². The number of hydrogen-bond acceptors (Lipinski definition) is 1. The van der Waals surface area contributed by atoms with Crippen LogP contribution in [-0.2, 0) is 12.1 Å². The molecular weight excluding hydrogens is 306 g/mol. The largest absolute Gasteiger partial charge is 0.418 e. The fraction of sp³-hybridized carbons (Fsp3) is 0.200. The molecule has 2 rings (SSSR count). The lowest BCUT2D eigenvalue weighted by atomic mass is 10.1. The lowest BCUT2D eigenvalue weighted by Crippen LogP contribution is -2.17. The van der Waals surface area contributed by atoms with Crippen molar-refractivity contribution in [1.82, 2.24) is 0 Å². The van der Waals surface area contributed by atoms with Crippen LogP contribution in [0.4, 0.5) is 28.9 Å². The molecule has 0 fully saturated rings.